The van der Waals surface area contributed by atoms with E-state index in [2.05, 4.69) is 18.8 Å². The van der Waals surface area contributed by atoms with Gasteiger partial charge in [-0.25, -0.2) is 19.2 Å². The highest BCUT2D eigenvalue weighted by molar-refractivity contribution is 6.31. The summed E-state index contributed by atoms with van der Waals surface area (Å²) >= 11 is 6.32. The summed E-state index contributed by atoms with van der Waals surface area (Å²) in [6.07, 6.45) is 0.258. The Balaban J connectivity index is 1.36. The third-order valence-electron chi connectivity index (χ3n) is 7.26. The molecule has 222 valence electrons. The Kier molecular flexibility index (Phi) is 9.38. The molecule has 2 heterocycles. The van der Waals surface area contributed by atoms with Gasteiger partial charge < -0.3 is 18.8 Å². The van der Waals surface area contributed by atoms with Crippen molar-refractivity contribution in [1.29, 1.82) is 0 Å². The van der Waals surface area contributed by atoms with Crippen molar-refractivity contribution >= 4 is 28.6 Å². The Bertz CT molecular complexity index is 1770. The van der Waals surface area contributed by atoms with Gasteiger partial charge in [0.25, 0.3) is 0 Å². The second-order valence-electron chi connectivity index (χ2n) is 10.5. The summed E-state index contributed by atoms with van der Waals surface area (Å²) in [5, 5.41) is 0.740. The number of hydrogen-bond acceptors (Lipinski definition) is 6. The Morgan fingerprint density at radius 1 is 1.00 bits per heavy atom. The fourth-order valence-electron chi connectivity index (χ4n) is 4.94. The molecule has 0 aliphatic heterocycles. The minimum Gasteiger partial charge on any atom is -0.473 e. The smallest absolute Gasteiger partial charge is 0.337 e. The molecule has 0 unspecified atom stereocenters. The Hall–Kier alpha value is -4.27. The number of carbonyl (C=O) groups is 1. The molecule has 0 saturated heterocycles. The first kappa shape index (κ1) is 30.2. The number of imidazole rings is 1. The normalized spacial score (nSPS) is 11.3. The second kappa shape index (κ2) is 13.4. The number of nitrogens with zero attached hydrogens (tertiary/aromatic N) is 3. The molecule has 5 aromatic rings. The lowest BCUT2D eigenvalue weighted by Gasteiger charge is -2.12. The zero-order valence-corrected chi connectivity index (χ0v) is 25.3. The van der Waals surface area contributed by atoms with Gasteiger partial charge in [-0.15, -0.1) is 0 Å². The summed E-state index contributed by atoms with van der Waals surface area (Å²) in [5.41, 5.74) is 5.67. The summed E-state index contributed by atoms with van der Waals surface area (Å²) in [6.45, 7) is 5.47. The molecule has 0 saturated carbocycles. The highest BCUT2D eigenvalue weighted by Gasteiger charge is 2.17. The van der Waals surface area contributed by atoms with Crippen molar-refractivity contribution in [1.82, 2.24) is 14.5 Å². The number of hydrogen-bond donors (Lipinski definition) is 0. The van der Waals surface area contributed by atoms with Crippen LogP contribution in [0.15, 0.2) is 72.8 Å². The number of aromatic nitrogens is 3. The van der Waals surface area contributed by atoms with Crippen LogP contribution in [0.25, 0.3) is 22.3 Å². The maximum absolute atomic E-state index is 15.5. The van der Waals surface area contributed by atoms with E-state index < -0.39 is 5.97 Å². The van der Waals surface area contributed by atoms with Gasteiger partial charge in [0, 0.05) is 36.7 Å². The molecule has 0 aliphatic rings. The van der Waals surface area contributed by atoms with Crippen molar-refractivity contribution in [2.45, 2.75) is 39.3 Å². The summed E-state index contributed by atoms with van der Waals surface area (Å²) in [5.74, 6) is 0.612. The van der Waals surface area contributed by atoms with Gasteiger partial charge in [0.1, 0.15) is 18.2 Å². The van der Waals surface area contributed by atoms with Gasteiger partial charge >= 0.3 is 5.97 Å². The summed E-state index contributed by atoms with van der Waals surface area (Å²) in [4.78, 5) is 21.4. The Labute approximate surface area is 255 Å². The van der Waals surface area contributed by atoms with E-state index in [9.17, 15) is 4.79 Å². The van der Waals surface area contributed by atoms with E-state index in [-0.39, 0.29) is 12.2 Å². The standard InChI is InChI=1S/C34H33ClFN3O4/c1-21(2)26-16-22(8-12-27(26)35)20-43-33-7-5-6-29(38-33)24-10-9-23(28(36)17-24)19-32-37-30-13-11-25(34(40)42-4)18-31(30)39(32)14-15-41-3/h5-13,16-18,21H,14-15,19-20H2,1-4H3. The first-order valence-corrected chi connectivity index (χ1v) is 14.4. The molecule has 0 N–H and O–H groups in total. The fraction of sp³-hybridized carbons (Fsp3) is 0.265. The number of halogens is 2. The van der Waals surface area contributed by atoms with Crippen LogP contribution in [0, 0.1) is 5.82 Å². The largest absolute Gasteiger partial charge is 0.473 e. The molecule has 9 heteroatoms. The van der Waals surface area contributed by atoms with Gasteiger partial charge in [-0.05, 0) is 59.0 Å². The molecular weight excluding hydrogens is 569 g/mol. The van der Waals surface area contributed by atoms with Crippen LogP contribution >= 0.6 is 11.6 Å². The average molecular weight is 602 g/mol. The SMILES string of the molecule is COCCn1c(Cc2ccc(-c3cccc(OCc4ccc(Cl)c(C(C)C)c4)n3)cc2F)nc2ccc(C(=O)OC)cc21. The molecular formula is C34H33ClFN3O4. The predicted octanol–water partition coefficient (Wildman–Crippen LogP) is 7.62. The van der Waals surface area contributed by atoms with E-state index in [4.69, 9.17) is 30.8 Å². The van der Waals surface area contributed by atoms with Crippen molar-refractivity contribution in [3.63, 3.8) is 0 Å². The number of pyridine rings is 1. The molecule has 0 atom stereocenters. The number of fused-ring (bicyclic) bond motifs is 1. The first-order chi connectivity index (χ1) is 20.8. The maximum Gasteiger partial charge on any atom is 0.337 e. The highest BCUT2D eigenvalue weighted by atomic mass is 35.5. The van der Waals surface area contributed by atoms with E-state index in [0.29, 0.717) is 65.3 Å². The lowest BCUT2D eigenvalue weighted by molar-refractivity contribution is 0.0601. The Morgan fingerprint density at radius 3 is 2.58 bits per heavy atom. The third-order valence-corrected chi connectivity index (χ3v) is 7.60. The number of carbonyl (C=O) groups excluding carboxylic acids is 1. The van der Waals surface area contributed by atoms with Crippen molar-refractivity contribution in [2.75, 3.05) is 20.8 Å². The van der Waals surface area contributed by atoms with Gasteiger partial charge in [0.05, 0.1) is 36.0 Å². The van der Waals surface area contributed by atoms with Crippen molar-refractivity contribution < 1.29 is 23.4 Å². The molecule has 0 radical (unpaired) electrons. The maximum atomic E-state index is 15.5. The quantitative estimate of drug-likeness (QED) is 0.145. The number of esters is 1. The summed E-state index contributed by atoms with van der Waals surface area (Å²) < 4.78 is 33.6. The van der Waals surface area contributed by atoms with Gasteiger partial charge in [0.15, 0.2) is 0 Å². The molecule has 0 amide bonds. The van der Waals surface area contributed by atoms with Gasteiger partial charge in [-0.2, -0.15) is 0 Å². The molecule has 3 aromatic carbocycles. The lowest BCUT2D eigenvalue weighted by atomic mass is 10.0. The van der Waals surface area contributed by atoms with Crippen LogP contribution in [-0.2, 0) is 29.0 Å². The van der Waals surface area contributed by atoms with Crippen LogP contribution in [0.5, 0.6) is 5.88 Å². The van der Waals surface area contributed by atoms with E-state index >= 15 is 4.39 Å². The van der Waals surface area contributed by atoms with Crippen LogP contribution in [-0.4, -0.2) is 41.3 Å². The Morgan fingerprint density at radius 2 is 1.84 bits per heavy atom. The molecule has 43 heavy (non-hydrogen) atoms. The molecule has 0 bridgehead atoms. The molecule has 5 rings (SSSR count). The van der Waals surface area contributed by atoms with Crippen LogP contribution in [0.3, 0.4) is 0 Å². The fourth-order valence-corrected chi connectivity index (χ4v) is 5.28. The van der Waals surface area contributed by atoms with Crippen LogP contribution in [0.4, 0.5) is 4.39 Å². The van der Waals surface area contributed by atoms with Crippen LogP contribution in [0.2, 0.25) is 5.02 Å². The number of rotatable bonds is 11. The van der Waals surface area contributed by atoms with E-state index in [0.717, 1.165) is 21.7 Å². The second-order valence-corrected chi connectivity index (χ2v) is 10.9. The lowest BCUT2D eigenvalue weighted by Crippen LogP contribution is -2.10. The molecule has 2 aromatic heterocycles. The minimum atomic E-state index is -0.433. The molecule has 0 spiro atoms. The van der Waals surface area contributed by atoms with E-state index in [1.807, 2.05) is 41.0 Å². The first-order valence-electron chi connectivity index (χ1n) is 14.0. The number of benzene rings is 3. The molecule has 7 nitrogen and oxygen atoms in total. The third kappa shape index (κ3) is 6.87. The van der Waals surface area contributed by atoms with Gasteiger partial charge in [-0.1, -0.05) is 55.8 Å². The van der Waals surface area contributed by atoms with Crippen molar-refractivity contribution in [3.05, 3.63) is 112 Å². The molecule has 0 aliphatic carbocycles. The average Bonchev–Trinajstić information content (AvgIpc) is 3.36. The van der Waals surface area contributed by atoms with Crippen LogP contribution in [0.1, 0.15) is 52.6 Å². The van der Waals surface area contributed by atoms with Crippen LogP contribution < -0.4 is 4.74 Å². The topological polar surface area (TPSA) is 75.5 Å². The number of methoxy groups -OCH3 is 2. The van der Waals surface area contributed by atoms with E-state index in [1.54, 1.807) is 37.4 Å². The number of ether oxygens (including phenoxy) is 3. The molecule has 0 fully saturated rings. The van der Waals surface area contributed by atoms with E-state index in [1.165, 1.54) is 13.2 Å². The van der Waals surface area contributed by atoms with Crippen molar-refractivity contribution in [2.24, 2.45) is 0 Å². The monoisotopic (exact) mass is 601 g/mol. The summed E-state index contributed by atoms with van der Waals surface area (Å²) in [7, 11) is 2.96. The minimum absolute atomic E-state index is 0.258. The zero-order valence-electron chi connectivity index (χ0n) is 24.6. The van der Waals surface area contributed by atoms with Gasteiger partial charge in [-0.3, -0.25) is 0 Å². The predicted molar refractivity (Wildman–Crippen MR) is 165 cm³/mol. The van der Waals surface area contributed by atoms with Crippen molar-refractivity contribution in [3.8, 4) is 17.1 Å². The zero-order chi connectivity index (χ0) is 30.5. The highest BCUT2D eigenvalue weighted by Crippen LogP contribution is 2.28. The van der Waals surface area contributed by atoms with Gasteiger partial charge in [0.2, 0.25) is 5.88 Å². The summed E-state index contributed by atoms with van der Waals surface area (Å²) in [6, 6.07) is 21.6.